The van der Waals surface area contributed by atoms with Crippen molar-refractivity contribution in [3.05, 3.63) is 30.0 Å². The van der Waals surface area contributed by atoms with E-state index in [0.717, 1.165) is 67.8 Å². The van der Waals surface area contributed by atoms with Crippen molar-refractivity contribution in [2.24, 2.45) is 17.3 Å². The normalized spacial score (nSPS) is 23.2. The molecule has 11 nitrogen and oxygen atoms in total. The summed E-state index contributed by atoms with van der Waals surface area (Å²) in [6.45, 7) is 5.26. The third-order valence-electron chi connectivity index (χ3n) is 8.73. The third kappa shape index (κ3) is 4.95. The molecule has 2 atom stereocenters. The molecule has 1 spiro atoms. The first kappa shape index (κ1) is 24.8. The lowest BCUT2D eigenvalue weighted by Gasteiger charge is -2.35. The fourth-order valence-electron chi connectivity index (χ4n) is 6.09. The van der Waals surface area contributed by atoms with Gasteiger partial charge in [-0.3, -0.25) is 4.72 Å². The van der Waals surface area contributed by atoms with Crippen LogP contribution in [0.1, 0.15) is 37.8 Å². The fraction of sp³-hybridized carbons (Fsp3) is 0.556. The first-order valence-electron chi connectivity index (χ1n) is 13.8. The topological polar surface area (TPSA) is 138 Å². The van der Waals surface area contributed by atoms with E-state index < -0.39 is 16.6 Å². The van der Waals surface area contributed by atoms with Crippen LogP contribution in [-0.2, 0) is 10.0 Å². The van der Waals surface area contributed by atoms with E-state index in [4.69, 9.17) is 14.5 Å². The van der Waals surface area contributed by atoms with Gasteiger partial charge in [0.25, 0.3) is 5.89 Å². The zero-order chi connectivity index (χ0) is 26.8. The predicted molar refractivity (Wildman–Crippen MR) is 147 cm³/mol. The highest BCUT2D eigenvalue weighted by Crippen LogP contribution is 2.54. The van der Waals surface area contributed by atoms with E-state index in [-0.39, 0.29) is 5.75 Å². The maximum atomic E-state index is 12.3. The molecule has 0 amide bonds. The molecule has 2 N–H and O–H groups in total. The molecule has 1 aromatic carbocycles. The van der Waals surface area contributed by atoms with Crippen LogP contribution < -0.4 is 14.5 Å². The summed E-state index contributed by atoms with van der Waals surface area (Å²) >= 11 is 0. The van der Waals surface area contributed by atoms with E-state index in [2.05, 4.69) is 29.7 Å². The molecule has 2 saturated carbocycles. The van der Waals surface area contributed by atoms with Crippen LogP contribution in [0.4, 0.5) is 17.3 Å². The van der Waals surface area contributed by atoms with Gasteiger partial charge in [0.1, 0.15) is 5.69 Å². The van der Waals surface area contributed by atoms with Crippen molar-refractivity contribution in [3.8, 4) is 23.0 Å². The predicted octanol–water partition coefficient (Wildman–Crippen LogP) is 3.07. The van der Waals surface area contributed by atoms with Crippen LogP contribution in [0.3, 0.4) is 0 Å². The van der Waals surface area contributed by atoms with E-state index in [1.54, 1.807) is 6.07 Å². The highest BCUT2D eigenvalue weighted by atomic mass is 32.2. The lowest BCUT2D eigenvalue weighted by molar-refractivity contribution is 0.320. The number of hydrogen-bond donors (Lipinski definition) is 2. The number of aromatic nitrogens is 4. The molecule has 2 unspecified atom stereocenters. The van der Waals surface area contributed by atoms with E-state index >= 15 is 0 Å². The van der Waals surface area contributed by atoms with E-state index in [1.807, 2.05) is 25.1 Å². The van der Waals surface area contributed by atoms with Gasteiger partial charge >= 0.3 is 0 Å². The third-order valence-corrected chi connectivity index (χ3v) is 10.00. The monoisotopic (exact) mass is 551 g/mol. The van der Waals surface area contributed by atoms with Gasteiger partial charge in [0, 0.05) is 31.9 Å². The van der Waals surface area contributed by atoms with Crippen LogP contribution >= 0.6 is 0 Å². The molecular formula is C27H33N7O4S. The van der Waals surface area contributed by atoms with Gasteiger partial charge in [-0.15, -0.1) is 10.2 Å². The summed E-state index contributed by atoms with van der Waals surface area (Å²) in [4.78, 5) is 13.9. The molecule has 4 heterocycles. The molecule has 7 rings (SSSR count). The van der Waals surface area contributed by atoms with Crippen LogP contribution in [0.15, 0.2) is 28.7 Å². The molecule has 39 heavy (non-hydrogen) atoms. The highest BCUT2D eigenvalue weighted by molar-refractivity contribution is 7.92. The summed E-state index contributed by atoms with van der Waals surface area (Å²) < 4.78 is 33.4. The smallest absolute Gasteiger partial charge is 0.266 e. The number of aliphatic hydroxyl groups excluding tert-OH is 1. The Kier molecular flexibility index (Phi) is 5.81. The van der Waals surface area contributed by atoms with Crippen LogP contribution in [0, 0.1) is 24.2 Å². The molecule has 2 aliphatic carbocycles. The second-order valence-electron chi connectivity index (χ2n) is 11.6. The maximum Gasteiger partial charge on any atom is 0.266 e. The van der Waals surface area contributed by atoms with Crippen LogP contribution in [-0.4, -0.2) is 72.2 Å². The Morgan fingerprint density at radius 2 is 1.77 bits per heavy atom. The Morgan fingerprint density at radius 3 is 2.49 bits per heavy atom. The van der Waals surface area contributed by atoms with E-state index in [0.29, 0.717) is 34.5 Å². The number of hydrogen-bond acceptors (Lipinski definition) is 10. The molecule has 2 saturated heterocycles. The summed E-state index contributed by atoms with van der Waals surface area (Å²) in [6, 6.07) is 7.19. The van der Waals surface area contributed by atoms with Crippen molar-refractivity contribution in [1.82, 2.24) is 20.2 Å². The van der Waals surface area contributed by atoms with Crippen LogP contribution in [0.5, 0.6) is 0 Å². The van der Waals surface area contributed by atoms with Gasteiger partial charge < -0.3 is 19.3 Å². The van der Waals surface area contributed by atoms with E-state index in [9.17, 15) is 8.42 Å². The number of anilines is 3. The number of nitrogens with one attached hydrogen (secondary N) is 1. The zero-order valence-corrected chi connectivity index (χ0v) is 22.8. The molecule has 4 fully saturated rings. The lowest BCUT2D eigenvalue weighted by Crippen LogP contribution is -2.34. The minimum absolute atomic E-state index is 0.329. The molecular weight excluding hydrogens is 518 g/mol. The van der Waals surface area contributed by atoms with Gasteiger partial charge in [-0.2, -0.15) is 0 Å². The standard InChI is InChI=1S/C27H33N7O4S/c1-17-12-22(29-26(28-17)34-15-18-13-19(18)16-34)25-31-30-24(38-25)21-3-2-20(32-39(36,37)11-10-35)14-23(21)33-8-6-27(4-5-27)7-9-33/h2-3,12,14,18-19,32,35H,4-11,13,15-16H2,1H3. The molecule has 206 valence electrons. The van der Waals surface area contributed by atoms with Gasteiger partial charge in [0.15, 0.2) is 0 Å². The fourth-order valence-corrected chi connectivity index (χ4v) is 6.92. The molecule has 2 aromatic heterocycles. The zero-order valence-electron chi connectivity index (χ0n) is 22.0. The average molecular weight is 552 g/mol. The molecule has 3 aromatic rings. The molecule has 0 radical (unpaired) electrons. The average Bonchev–Trinajstić information content (AvgIpc) is 3.72. The number of benzene rings is 1. The summed E-state index contributed by atoms with van der Waals surface area (Å²) in [5, 5.41) is 17.8. The summed E-state index contributed by atoms with van der Waals surface area (Å²) in [5.41, 5.74) is 3.97. The second-order valence-corrected chi connectivity index (χ2v) is 13.5. The van der Waals surface area contributed by atoms with Gasteiger partial charge in [-0.1, -0.05) is 0 Å². The number of fused-ring (bicyclic) bond motifs is 1. The molecule has 0 bridgehead atoms. The van der Waals surface area contributed by atoms with Gasteiger partial charge in [-0.25, -0.2) is 18.4 Å². The molecule has 12 heteroatoms. The Bertz CT molecular complexity index is 1500. The molecule has 2 aliphatic heterocycles. The van der Waals surface area contributed by atoms with Crippen molar-refractivity contribution < 1.29 is 17.9 Å². The summed E-state index contributed by atoms with van der Waals surface area (Å²) in [7, 11) is -3.65. The quantitative estimate of drug-likeness (QED) is 0.430. The minimum atomic E-state index is -3.65. The lowest BCUT2D eigenvalue weighted by atomic mass is 9.93. The Balaban J connectivity index is 1.20. The van der Waals surface area contributed by atoms with Gasteiger partial charge in [0.2, 0.25) is 21.9 Å². The number of sulfonamides is 1. The summed E-state index contributed by atoms with van der Waals surface area (Å²) in [6.07, 6.45) is 6.12. The largest absolute Gasteiger partial charge is 0.415 e. The summed E-state index contributed by atoms with van der Waals surface area (Å²) in [5.74, 6) is 2.58. The Labute approximate surface area is 227 Å². The maximum absolute atomic E-state index is 12.3. The number of nitrogens with zero attached hydrogens (tertiary/aromatic N) is 6. The number of rotatable bonds is 8. The highest BCUT2D eigenvalue weighted by Gasteiger charge is 2.46. The van der Waals surface area contributed by atoms with Crippen molar-refractivity contribution >= 4 is 27.3 Å². The van der Waals surface area contributed by atoms with Crippen molar-refractivity contribution in [1.29, 1.82) is 0 Å². The second kappa shape index (κ2) is 9.16. The van der Waals surface area contributed by atoms with Gasteiger partial charge in [-0.05, 0) is 80.5 Å². The first-order valence-corrected chi connectivity index (χ1v) is 15.4. The Morgan fingerprint density at radius 1 is 1.03 bits per heavy atom. The van der Waals surface area contributed by atoms with Crippen molar-refractivity contribution in [2.75, 3.05) is 53.1 Å². The van der Waals surface area contributed by atoms with Gasteiger partial charge in [0.05, 0.1) is 29.3 Å². The van der Waals surface area contributed by atoms with Crippen molar-refractivity contribution in [2.45, 2.75) is 39.0 Å². The minimum Gasteiger partial charge on any atom is -0.415 e. The van der Waals surface area contributed by atoms with E-state index in [1.165, 1.54) is 19.3 Å². The number of piperidine rings is 2. The van der Waals surface area contributed by atoms with Crippen molar-refractivity contribution in [3.63, 3.8) is 0 Å². The SMILES string of the molecule is Cc1cc(-c2nnc(-c3ccc(NS(=O)(=O)CCO)cc3N3CCC4(CC3)CC4)o2)nc(N2CC3CC3C2)n1. The number of aliphatic hydroxyl groups is 1. The molecule has 4 aliphatic rings. The van der Waals surface area contributed by atoms with Crippen LogP contribution in [0.2, 0.25) is 0 Å². The number of aryl methyl sites for hydroxylation is 1. The Hall–Kier alpha value is -3.25. The first-order chi connectivity index (χ1) is 18.8. The van der Waals surface area contributed by atoms with Crippen LogP contribution in [0.25, 0.3) is 23.0 Å².